The zero-order valence-corrected chi connectivity index (χ0v) is 46.6. The van der Waals surface area contributed by atoms with E-state index in [9.17, 15) is 29.7 Å². The van der Waals surface area contributed by atoms with Crippen LogP contribution in [0.25, 0.3) is 0 Å². The standard InChI is InChI=1S/3C22H20O2.C4H9.Sn/c3*23-21(24)16-17-22(18-10-4-1-5-11-18,19-12-6-2-7-13-19)20-14-8-3-9-15-20;1-3-4-2;/h3*1-15H,16-17H2,(H,23,24);1,3-4H2,2H3;/q;;;;+3/p-3. The van der Waals surface area contributed by atoms with Crippen molar-refractivity contribution >= 4 is 40.4 Å². The molecule has 6 nitrogen and oxygen atoms in total. The van der Waals surface area contributed by atoms with Crippen LogP contribution in [0.4, 0.5) is 0 Å². The van der Waals surface area contributed by atoms with E-state index < -0.39 is 34.2 Å². The Morgan fingerprint density at radius 2 is 0.442 bits per heavy atom. The summed E-state index contributed by atoms with van der Waals surface area (Å²) < 4.78 is 1.43. The summed E-state index contributed by atoms with van der Waals surface area (Å²) in [5, 5.41) is 33.7. The number of hydrogen-bond acceptors (Lipinski definition) is 6. The van der Waals surface area contributed by atoms with Crippen LogP contribution in [-0.4, -0.2) is 40.4 Å². The molecule has 7 heteroatoms. The van der Waals surface area contributed by atoms with Crippen molar-refractivity contribution in [1.82, 2.24) is 0 Å². The topological polar surface area (TPSA) is 120 Å². The second kappa shape index (κ2) is 30.7. The van der Waals surface area contributed by atoms with Crippen molar-refractivity contribution in [2.24, 2.45) is 0 Å². The molecule has 0 spiro atoms. The number of carboxylic acids is 3. The third-order valence-corrected chi connectivity index (χ3v) is 15.1. The van der Waals surface area contributed by atoms with Gasteiger partial charge in [0, 0.05) is 34.2 Å². The number of carboxylic acid groups (broad SMARTS) is 3. The van der Waals surface area contributed by atoms with E-state index in [0.717, 1.165) is 50.1 Å². The van der Waals surface area contributed by atoms with Gasteiger partial charge in [0.15, 0.2) is 0 Å². The molecule has 0 aliphatic carbocycles. The maximum Gasteiger partial charge on any atom is 0.0454 e. The summed E-state index contributed by atoms with van der Waals surface area (Å²) in [5.74, 6) is -3.08. The molecule has 9 aromatic carbocycles. The molecule has 9 rings (SSSR count). The molecular formula is C70H66O6Sn. The van der Waals surface area contributed by atoms with Crippen molar-refractivity contribution in [2.45, 2.75) is 79.0 Å². The summed E-state index contributed by atoms with van der Waals surface area (Å²) in [4.78, 5) is 33.7. The number of rotatable bonds is 20. The zero-order chi connectivity index (χ0) is 54.6. The Balaban J connectivity index is 0.000000179. The maximum atomic E-state index is 11.2. The second-order valence-electron chi connectivity index (χ2n) is 18.7. The fourth-order valence-corrected chi connectivity index (χ4v) is 11.4. The Bertz CT molecular complexity index is 2450. The molecule has 0 aliphatic heterocycles. The van der Waals surface area contributed by atoms with Crippen LogP contribution in [-0.2, 0) is 30.6 Å². The summed E-state index contributed by atoms with van der Waals surface area (Å²) in [5.41, 5.74) is 8.25. The number of unbranched alkanes of at least 4 members (excludes halogenated alkanes) is 1. The molecule has 9 aromatic rings. The molecule has 0 atom stereocenters. The Labute approximate surface area is 469 Å². The average Bonchev–Trinajstić information content (AvgIpc) is 3.51. The minimum Gasteiger partial charge on any atom is -0.550 e. The monoisotopic (exact) mass is 1120 g/mol. The Kier molecular flexibility index (Phi) is 23.3. The normalized spacial score (nSPS) is 11.0. The third-order valence-electron chi connectivity index (χ3n) is 14.0. The quantitative estimate of drug-likeness (QED) is 0.0554. The van der Waals surface area contributed by atoms with Gasteiger partial charge in [-0.25, -0.2) is 0 Å². The fraction of sp³-hybridized carbons (Fsp3) is 0.186. The molecule has 0 fully saturated rings. The van der Waals surface area contributed by atoms with E-state index in [0.29, 0.717) is 19.3 Å². The van der Waals surface area contributed by atoms with Gasteiger partial charge in [-0.3, -0.25) is 0 Å². The predicted octanol–water partition coefficient (Wildman–Crippen LogP) is 12.0. The first kappa shape index (κ1) is 58.4. The molecule has 0 aromatic heterocycles. The molecular weight excluding hydrogens is 1060 g/mol. The Morgan fingerprint density at radius 3 is 0.532 bits per heavy atom. The number of aliphatic carboxylic acids is 3. The van der Waals surface area contributed by atoms with Gasteiger partial charge in [0.2, 0.25) is 0 Å². The predicted molar refractivity (Wildman–Crippen MR) is 306 cm³/mol. The van der Waals surface area contributed by atoms with Crippen LogP contribution in [0.5, 0.6) is 0 Å². The van der Waals surface area contributed by atoms with Crippen molar-refractivity contribution in [3.05, 3.63) is 323 Å². The van der Waals surface area contributed by atoms with E-state index in [1.807, 2.05) is 164 Å². The first-order valence-corrected chi connectivity index (χ1v) is 28.4. The van der Waals surface area contributed by atoms with Crippen molar-refractivity contribution in [3.8, 4) is 0 Å². The molecule has 0 N–H and O–H groups in total. The summed E-state index contributed by atoms with van der Waals surface area (Å²) in [6.07, 6.45) is 4.15. The van der Waals surface area contributed by atoms with E-state index >= 15 is 0 Å². The van der Waals surface area contributed by atoms with Gasteiger partial charge in [0.25, 0.3) is 0 Å². The Hall–Kier alpha value is -7.81. The molecule has 0 bridgehead atoms. The van der Waals surface area contributed by atoms with Crippen LogP contribution in [0.2, 0.25) is 4.44 Å². The summed E-state index contributed by atoms with van der Waals surface area (Å²) in [6, 6.07) is 90.9. The van der Waals surface area contributed by atoms with Crippen molar-refractivity contribution < 1.29 is 29.7 Å². The number of carbonyl (C=O) groups is 3. The molecule has 0 amide bonds. The molecule has 0 heterocycles. The smallest absolute Gasteiger partial charge is 0.0454 e. The Morgan fingerprint density at radius 1 is 0.299 bits per heavy atom. The van der Waals surface area contributed by atoms with E-state index in [4.69, 9.17) is 0 Å². The van der Waals surface area contributed by atoms with Gasteiger partial charge in [-0.15, -0.1) is 0 Å². The molecule has 77 heavy (non-hydrogen) atoms. The third kappa shape index (κ3) is 15.6. The molecule has 386 valence electrons. The molecule has 0 aliphatic rings. The van der Waals surface area contributed by atoms with E-state index in [1.165, 1.54) is 17.3 Å². The van der Waals surface area contributed by atoms with Gasteiger partial charge in [-0.05, 0) is 88.6 Å². The average molecular weight is 1120 g/mol. The van der Waals surface area contributed by atoms with Gasteiger partial charge in [0.1, 0.15) is 0 Å². The molecule has 0 unspecified atom stereocenters. The van der Waals surface area contributed by atoms with Crippen LogP contribution in [0, 0.1) is 0 Å². The number of hydrogen-bond donors (Lipinski definition) is 0. The van der Waals surface area contributed by atoms with Crippen LogP contribution >= 0.6 is 0 Å². The van der Waals surface area contributed by atoms with Crippen molar-refractivity contribution in [1.29, 1.82) is 0 Å². The maximum absolute atomic E-state index is 11.2. The van der Waals surface area contributed by atoms with Crippen LogP contribution in [0.15, 0.2) is 273 Å². The summed E-state index contributed by atoms with van der Waals surface area (Å²) in [6.45, 7) is 2.23. The van der Waals surface area contributed by atoms with E-state index in [2.05, 4.69) is 116 Å². The van der Waals surface area contributed by atoms with E-state index in [-0.39, 0.29) is 19.3 Å². The molecule has 0 radical (unpaired) electrons. The van der Waals surface area contributed by atoms with Gasteiger partial charge in [0.05, 0.1) is 0 Å². The minimum atomic E-state index is -1.03. The van der Waals surface area contributed by atoms with Gasteiger partial charge < -0.3 is 29.7 Å². The fourth-order valence-electron chi connectivity index (χ4n) is 10.3. The number of carbonyl (C=O) groups excluding carboxylic acids is 3. The first-order valence-electron chi connectivity index (χ1n) is 26.4. The van der Waals surface area contributed by atoms with Crippen LogP contribution in [0.3, 0.4) is 0 Å². The van der Waals surface area contributed by atoms with Gasteiger partial charge >= 0.3 is 46.7 Å². The zero-order valence-electron chi connectivity index (χ0n) is 43.8. The first-order chi connectivity index (χ1) is 37.6. The largest absolute Gasteiger partial charge is 0.550 e. The number of benzene rings is 9. The molecule has 0 saturated heterocycles. The second-order valence-corrected chi connectivity index (χ2v) is 20.2. The summed E-state index contributed by atoms with van der Waals surface area (Å²) >= 11 is 1.68. The summed E-state index contributed by atoms with van der Waals surface area (Å²) in [7, 11) is 0. The van der Waals surface area contributed by atoms with Crippen molar-refractivity contribution in [2.75, 3.05) is 0 Å². The van der Waals surface area contributed by atoms with Gasteiger partial charge in [-0.1, -0.05) is 273 Å². The van der Waals surface area contributed by atoms with Crippen LogP contribution in [0.1, 0.15) is 108 Å². The SMILES string of the molecule is CCC[CH2][Sn+3].O=C([O-])CCC(c1ccccc1)(c1ccccc1)c1ccccc1.O=C([O-])CCC(c1ccccc1)(c1ccccc1)c1ccccc1.O=C([O-])CCC(c1ccccc1)(c1ccccc1)c1ccccc1. The van der Waals surface area contributed by atoms with Gasteiger partial charge in [-0.2, -0.15) is 0 Å². The van der Waals surface area contributed by atoms with Crippen molar-refractivity contribution in [3.63, 3.8) is 0 Å². The van der Waals surface area contributed by atoms with Crippen LogP contribution < -0.4 is 15.3 Å². The minimum absolute atomic E-state index is 0.00131. The van der Waals surface area contributed by atoms with E-state index in [1.54, 1.807) is 22.5 Å². The molecule has 0 saturated carbocycles.